The molecule has 2 heteroatoms. The molecule has 0 bridgehead atoms. The van der Waals surface area contributed by atoms with Crippen LogP contribution in [0, 0.1) is 0 Å². The van der Waals surface area contributed by atoms with Gasteiger partial charge in [-0.25, -0.2) is 0 Å². The van der Waals surface area contributed by atoms with Gasteiger partial charge in [0.1, 0.15) is 0 Å². The minimum atomic E-state index is 0.680. The molecule has 0 amide bonds. The summed E-state index contributed by atoms with van der Waals surface area (Å²) in [4.78, 5) is 0. The second kappa shape index (κ2) is 9.20. The smallest absolute Gasteiger partial charge is 0.0717 e. The van der Waals surface area contributed by atoms with E-state index in [4.69, 9.17) is 4.74 Å². The summed E-state index contributed by atoms with van der Waals surface area (Å²) in [6, 6.07) is 10.2. The highest BCUT2D eigenvalue weighted by Gasteiger charge is 1.93. The lowest BCUT2D eigenvalue weighted by atomic mass is 10.2. The molecule has 0 aliphatic rings. The van der Waals surface area contributed by atoms with Crippen molar-refractivity contribution in [2.45, 2.75) is 19.4 Å². The zero-order chi connectivity index (χ0) is 12.3. The van der Waals surface area contributed by atoms with Gasteiger partial charge < -0.3 is 4.74 Å². The van der Waals surface area contributed by atoms with Crippen LogP contribution in [0.15, 0.2) is 54.6 Å². The lowest BCUT2D eigenvalue weighted by Gasteiger charge is -2.04. The number of ether oxygens (including phenoxy) is 1. The van der Waals surface area contributed by atoms with E-state index in [1.54, 1.807) is 0 Å². The first-order chi connectivity index (χ1) is 8.33. The second-order valence-corrected chi connectivity index (χ2v) is 4.62. The van der Waals surface area contributed by atoms with Gasteiger partial charge in [-0.15, -0.1) is 0 Å². The minimum absolute atomic E-state index is 0.680. The van der Waals surface area contributed by atoms with Gasteiger partial charge in [0.25, 0.3) is 0 Å². The Labute approximate surface area is 112 Å². The van der Waals surface area contributed by atoms with Gasteiger partial charge in [0.15, 0.2) is 0 Å². The van der Waals surface area contributed by atoms with Gasteiger partial charge in [0.05, 0.1) is 13.2 Å². The van der Waals surface area contributed by atoms with Crippen molar-refractivity contribution in [2.24, 2.45) is 0 Å². The van der Waals surface area contributed by atoms with Crippen LogP contribution in [-0.2, 0) is 11.3 Å². The Hall–Kier alpha value is -0.860. The molecule has 0 fully saturated rings. The molecule has 0 saturated heterocycles. The number of rotatable bonds is 8. The van der Waals surface area contributed by atoms with Crippen LogP contribution in [0.1, 0.15) is 18.4 Å². The van der Waals surface area contributed by atoms with Crippen LogP contribution in [0.4, 0.5) is 0 Å². The number of halogens is 1. The van der Waals surface area contributed by atoms with E-state index >= 15 is 0 Å². The summed E-state index contributed by atoms with van der Waals surface area (Å²) < 4.78 is 5.59. The highest BCUT2D eigenvalue weighted by molar-refractivity contribution is 9.09. The maximum Gasteiger partial charge on any atom is 0.0717 e. The van der Waals surface area contributed by atoms with E-state index in [2.05, 4.69) is 46.8 Å². The van der Waals surface area contributed by atoms with Crippen LogP contribution >= 0.6 is 15.9 Å². The van der Waals surface area contributed by atoms with E-state index in [1.807, 2.05) is 18.2 Å². The molecule has 0 aliphatic heterocycles. The summed E-state index contributed by atoms with van der Waals surface area (Å²) in [7, 11) is 0. The molecule has 1 aromatic rings. The summed E-state index contributed by atoms with van der Waals surface area (Å²) >= 11 is 3.38. The highest BCUT2D eigenvalue weighted by Crippen LogP contribution is 2.05. The van der Waals surface area contributed by atoms with Crippen molar-refractivity contribution in [3.05, 3.63) is 60.2 Å². The zero-order valence-corrected chi connectivity index (χ0v) is 11.7. The standard InChI is InChI=1S/C15H19BrO/c1-14(7-5-6-11-16)10-12-17-13-15-8-3-2-4-9-15/h2-5,7-9H,1,6,10-13H2/b7-5+. The normalized spacial score (nSPS) is 10.9. The molecule has 0 atom stereocenters. The van der Waals surface area contributed by atoms with E-state index in [1.165, 1.54) is 5.56 Å². The van der Waals surface area contributed by atoms with Gasteiger partial charge >= 0.3 is 0 Å². The third-order valence-corrected chi connectivity index (χ3v) is 2.77. The summed E-state index contributed by atoms with van der Waals surface area (Å²) in [5.41, 5.74) is 2.34. The van der Waals surface area contributed by atoms with Crippen molar-refractivity contribution in [1.82, 2.24) is 0 Å². The van der Waals surface area contributed by atoms with Gasteiger partial charge in [0.2, 0.25) is 0 Å². The summed E-state index contributed by atoms with van der Waals surface area (Å²) in [6.07, 6.45) is 6.15. The quantitative estimate of drug-likeness (QED) is 0.390. The van der Waals surface area contributed by atoms with Crippen LogP contribution in [0.2, 0.25) is 0 Å². The minimum Gasteiger partial charge on any atom is -0.376 e. The second-order valence-electron chi connectivity index (χ2n) is 3.83. The van der Waals surface area contributed by atoms with E-state index in [-0.39, 0.29) is 0 Å². The molecular weight excluding hydrogens is 276 g/mol. The fourth-order valence-corrected chi connectivity index (χ4v) is 1.63. The molecule has 0 aromatic heterocycles. The van der Waals surface area contributed by atoms with Crippen LogP contribution in [0.5, 0.6) is 0 Å². The molecular formula is C15H19BrO. The van der Waals surface area contributed by atoms with E-state index in [0.29, 0.717) is 6.61 Å². The molecule has 0 saturated carbocycles. The molecule has 0 spiro atoms. The molecule has 17 heavy (non-hydrogen) atoms. The molecule has 1 aromatic carbocycles. The first-order valence-corrected chi connectivity index (χ1v) is 6.97. The van der Waals surface area contributed by atoms with Crippen molar-refractivity contribution in [3.8, 4) is 0 Å². The summed E-state index contributed by atoms with van der Waals surface area (Å²) in [5, 5.41) is 1.00. The lowest BCUT2D eigenvalue weighted by molar-refractivity contribution is 0.124. The lowest BCUT2D eigenvalue weighted by Crippen LogP contribution is -1.95. The Morgan fingerprint density at radius 3 is 2.76 bits per heavy atom. The predicted molar refractivity (Wildman–Crippen MR) is 77.4 cm³/mol. The van der Waals surface area contributed by atoms with Crippen molar-refractivity contribution in [1.29, 1.82) is 0 Å². The molecule has 0 aliphatic carbocycles. The number of hydrogen-bond acceptors (Lipinski definition) is 1. The third kappa shape index (κ3) is 7.14. The molecule has 0 heterocycles. The first kappa shape index (κ1) is 14.2. The van der Waals surface area contributed by atoms with Crippen LogP contribution in [0.25, 0.3) is 0 Å². The van der Waals surface area contributed by atoms with Gasteiger partial charge in [-0.3, -0.25) is 0 Å². The SMILES string of the molecule is C=C(/C=C/CCBr)CCOCc1ccccc1. The molecule has 1 nitrogen and oxygen atoms in total. The van der Waals surface area contributed by atoms with Gasteiger partial charge in [0, 0.05) is 5.33 Å². The fourth-order valence-electron chi connectivity index (χ4n) is 1.36. The molecule has 1 rings (SSSR count). The van der Waals surface area contributed by atoms with Crippen molar-refractivity contribution in [2.75, 3.05) is 11.9 Å². The number of hydrogen-bond donors (Lipinski definition) is 0. The highest BCUT2D eigenvalue weighted by atomic mass is 79.9. The third-order valence-electron chi connectivity index (χ3n) is 2.31. The summed E-state index contributed by atoms with van der Waals surface area (Å²) in [6.45, 7) is 5.40. The van der Waals surface area contributed by atoms with E-state index in [0.717, 1.165) is 30.4 Å². The average Bonchev–Trinajstić information content (AvgIpc) is 2.36. The summed E-state index contributed by atoms with van der Waals surface area (Å²) in [5.74, 6) is 0. The Balaban J connectivity index is 2.10. The van der Waals surface area contributed by atoms with Gasteiger partial charge in [-0.2, -0.15) is 0 Å². The van der Waals surface area contributed by atoms with Gasteiger partial charge in [-0.05, 0) is 18.4 Å². The van der Waals surface area contributed by atoms with E-state index < -0.39 is 0 Å². The number of benzene rings is 1. The van der Waals surface area contributed by atoms with E-state index in [9.17, 15) is 0 Å². The van der Waals surface area contributed by atoms with Crippen molar-refractivity contribution >= 4 is 15.9 Å². The first-order valence-electron chi connectivity index (χ1n) is 5.85. The predicted octanol–water partition coefficient (Wildman–Crippen LogP) is 4.49. The Morgan fingerprint density at radius 2 is 2.06 bits per heavy atom. The zero-order valence-electron chi connectivity index (χ0n) is 10.1. The molecule has 0 unspecified atom stereocenters. The maximum absolute atomic E-state index is 5.59. The topological polar surface area (TPSA) is 9.23 Å². The van der Waals surface area contributed by atoms with Crippen molar-refractivity contribution < 1.29 is 4.74 Å². The Kier molecular flexibility index (Phi) is 7.69. The Morgan fingerprint density at radius 1 is 1.29 bits per heavy atom. The number of allylic oxidation sites excluding steroid dienone is 2. The van der Waals surface area contributed by atoms with Crippen LogP contribution < -0.4 is 0 Å². The number of alkyl halides is 1. The Bertz CT molecular complexity index is 343. The van der Waals surface area contributed by atoms with Gasteiger partial charge in [-0.1, -0.05) is 70.6 Å². The van der Waals surface area contributed by atoms with Crippen LogP contribution in [-0.4, -0.2) is 11.9 Å². The monoisotopic (exact) mass is 294 g/mol. The average molecular weight is 295 g/mol. The molecule has 92 valence electrons. The van der Waals surface area contributed by atoms with Crippen molar-refractivity contribution in [3.63, 3.8) is 0 Å². The maximum atomic E-state index is 5.59. The fraction of sp³-hybridized carbons (Fsp3) is 0.333. The van der Waals surface area contributed by atoms with Crippen LogP contribution in [0.3, 0.4) is 0 Å². The molecule has 0 radical (unpaired) electrons. The molecule has 0 N–H and O–H groups in total. The largest absolute Gasteiger partial charge is 0.376 e.